The van der Waals surface area contributed by atoms with Crippen LogP contribution in [0.3, 0.4) is 0 Å². The Morgan fingerprint density at radius 2 is 1.64 bits per heavy atom. The van der Waals surface area contributed by atoms with Crippen molar-refractivity contribution in [3.05, 3.63) is 29.8 Å². The van der Waals surface area contributed by atoms with Crippen molar-refractivity contribution in [2.45, 2.75) is 6.92 Å². The molecule has 82 valence electrons. The average molecular weight is 234 g/mol. The first-order chi connectivity index (χ1) is 5.95. The topological polar surface area (TPSA) is 9.23 Å². The summed E-state index contributed by atoms with van der Waals surface area (Å²) < 4.78 is 61.9. The first kappa shape index (κ1) is 11.1. The van der Waals surface area contributed by atoms with Crippen LogP contribution < -0.4 is 4.18 Å². The summed E-state index contributed by atoms with van der Waals surface area (Å²) in [5.41, 5.74) is 0.407. The lowest BCUT2D eigenvalue weighted by molar-refractivity contribution is 0.243. The predicted octanol–water partition coefficient (Wildman–Crippen LogP) is 4.59. The molecule has 7 heteroatoms. The van der Waals surface area contributed by atoms with Crippen molar-refractivity contribution in [3.8, 4) is 5.75 Å². The highest BCUT2D eigenvalue weighted by Crippen LogP contribution is 2.97. The molecule has 0 aliphatic carbocycles. The van der Waals surface area contributed by atoms with Gasteiger partial charge in [0, 0.05) is 0 Å². The van der Waals surface area contributed by atoms with Crippen LogP contribution in [0.2, 0.25) is 0 Å². The third kappa shape index (κ3) is 4.31. The molecule has 0 saturated heterocycles. The molecule has 0 spiro atoms. The molecule has 1 aromatic rings. The summed E-state index contributed by atoms with van der Waals surface area (Å²) in [4.78, 5) is 0. The second-order valence-corrected chi connectivity index (χ2v) is 4.76. The van der Waals surface area contributed by atoms with Crippen molar-refractivity contribution in [1.82, 2.24) is 0 Å². The van der Waals surface area contributed by atoms with Gasteiger partial charge in [0.25, 0.3) is 0 Å². The van der Waals surface area contributed by atoms with Gasteiger partial charge in [0.05, 0.1) is 0 Å². The largest absolute Gasteiger partial charge is 0.435 e. The number of hydrogen-bond donors (Lipinski definition) is 0. The van der Waals surface area contributed by atoms with E-state index in [4.69, 9.17) is 0 Å². The minimum Gasteiger partial charge on any atom is -0.355 e. The number of aryl methyl sites for hydroxylation is 1. The summed E-state index contributed by atoms with van der Waals surface area (Å²) in [5.74, 6) is -0.899. The summed E-state index contributed by atoms with van der Waals surface area (Å²) in [5, 5.41) is 0. The maximum atomic E-state index is 11.8. The Hall–Kier alpha value is -0.980. The highest BCUT2D eigenvalue weighted by atomic mass is 32.5. The van der Waals surface area contributed by atoms with Crippen LogP contribution in [0.5, 0.6) is 5.75 Å². The lowest BCUT2D eigenvalue weighted by atomic mass is 10.2. The van der Waals surface area contributed by atoms with Crippen LogP contribution in [0, 0.1) is 6.92 Å². The SMILES string of the molecule is Cc1cccc(OS(F)(F)(F)(F)F)c1. The molecule has 14 heavy (non-hydrogen) atoms. The Bertz CT molecular complexity index is 357. The Balaban J connectivity index is 3.02. The van der Waals surface area contributed by atoms with Crippen LogP contribution in [-0.2, 0) is 0 Å². The molecule has 0 amide bonds. The van der Waals surface area contributed by atoms with Crippen molar-refractivity contribution < 1.29 is 23.6 Å². The molecular formula is C7H7F5OS. The van der Waals surface area contributed by atoms with E-state index in [0.29, 0.717) is 5.56 Å². The van der Waals surface area contributed by atoms with Gasteiger partial charge < -0.3 is 4.18 Å². The Kier molecular flexibility index (Phi) is 1.85. The Labute approximate surface area is 77.4 Å². The number of hydrogen-bond acceptors (Lipinski definition) is 1. The van der Waals surface area contributed by atoms with E-state index in [2.05, 4.69) is 4.18 Å². The van der Waals surface area contributed by atoms with Gasteiger partial charge in [0.1, 0.15) is 5.75 Å². The summed E-state index contributed by atoms with van der Waals surface area (Å²) in [6, 6.07) is 4.38. The van der Waals surface area contributed by atoms with Crippen LogP contribution >= 0.6 is 10.5 Å². The standard InChI is InChI=1S/C7H7F5OS/c1-6-3-2-4-7(5-6)13-14(8,9,10,11)12/h2-5H,1H3. The molecule has 0 radical (unpaired) electrons. The smallest absolute Gasteiger partial charge is 0.355 e. The van der Waals surface area contributed by atoms with Crippen molar-refractivity contribution in [2.24, 2.45) is 0 Å². The zero-order valence-electron chi connectivity index (χ0n) is 7.02. The second-order valence-electron chi connectivity index (χ2n) is 2.80. The van der Waals surface area contributed by atoms with Gasteiger partial charge in [0.15, 0.2) is 0 Å². The average Bonchev–Trinajstić information content (AvgIpc) is 1.78. The summed E-state index contributed by atoms with van der Waals surface area (Å²) >= 11 is 0. The third-order valence-corrected chi connectivity index (χ3v) is 1.75. The third-order valence-electron chi connectivity index (χ3n) is 1.24. The van der Waals surface area contributed by atoms with E-state index in [1.807, 2.05) is 0 Å². The van der Waals surface area contributed by atoms with E-state index in [0.717, 1.165) is 12.1 Å². The van der Waals surface area contributed by atoms with E-state index in [-0.39, 0.29) is 0 Å². The van der Waals surface area contributed by atoms with Crippen molar-refractivity contribution in [2.75, 3.05) is 0 Å². The van der Waals surface area contributed by atoms with E-state index >= 15 is 0 Å². The summed E-state index contributed by atoms with van der Waals surface area (Å²) in [6.07, 6.45) is 0. The minimum absolute atomic E-state index is 0.407. The highest BCUT2D eigenvalue weighted by Gasteiger charge is 2.67. The molecule has 0 saturated carbocycles. The molecule has 0 N–H and O–H groups in total. The van der Waals surface area contributed by atoms with Gasteiger partial charge in [-0.25, -0.2) is 0 Å². The molecule has 0 aliphatic rings. The summed E-state index contributed by atoms with van der Waals surface area (Å²) in [6.45, 7) is 1.47. The molecule has 0 heterocycles. The van der Waals surface area contributed by atoms with E-state index < -0.39 is 16.3 Å². The first-order valence-corrected chi connectivity index (χ1v) is 5.34. The van der Waals surface area contributed by atoms with Crippen LogP contribution in [0.4, 0.5) is 19.4 Å². The van der Waals surface area contributed by atoms with Crippen LogP contribution in [0.1, 0.15) is 5.56 Å². The quantitative estimate of drug-likeness (QED) is 0.680. The van der Waals surface area contributed by atoms with Gasteiger partial charge >= 0.3 is 10.5 Å². The Morgan fingerprint density at radius 3 is 2.07 bits per heavy atom. The monoisotopic (exact) mass is 234 g/mol. The molecule has 0 aliphatic heterocycles. The van der Waals surface area contributed by atoms with Gasteiger partial charge in [-0.1, -0.05) is 31.6 Å². The molecular weight excluding hydrogens is 227 g/mol. The normalized spacial score (nSPS) is 17.0. The summed E-state index contributed by atoms with van der Waals surface area (Å²) in [7, 11) is -9.81. The lowest BCUT2D eigenvalue weighted by Crippen LogP contribution is -2.13. The van der Waals surface area contributed by atoms with E-state index in [1.54, 1.807) is 0 Å². The molecule has 1 nitrogen and oxygen atoms in total. The van der Waals surface area contributed by atoms with Crippen molar-refractivity contribution in [3.63, 3.8) is 0 Å². The fourth-order valence-corrected chi connectivity index (χ4v) is 1.32. The van der Waals surface area contributed by atoms with Gasteiger partial charge in [-0.3, -0.25) is 0 Å². The second kappa shape index (κ2) is 2.33. The molecule has 1 rings (SSSR count). The van der Waals surface area contributed by atoms with Gasteiger partial charge in [-0.2, -0.15) is 0 Å². The van der Waals surface area contributed by atoms with E-state index in [1.165, 1.54) is 19.1 Å². The molecule has 0 bridgehead atoms. The zero-order chi connectivity index (χ0) is 11.1. The van der Waals surface area contributed by atoms with Gasteiger partial charge in [-0.15, -0.1) is 0 Å². The van der Waals surface area contributed by atoms with Crippen molar-refractivity contribution in [1.29, 1.82) is 0 Å². The molecule has 0 atom stereocenters. The van der Waals surface area contributed by atoms with E-state index in [9.17, 15) is 19.4 Å². The molecule has 0 unspecified atom stereocenters. The van der Waals surface area contributed by atoms with Crippen LogP contribution in [-0.4, -0.2) is 0 Å². The minimum atomic E-state index is -9.81. The fourth-order valence-electron chi connectivity index (χ4n) is 0.849. The maximum absolute atomic E-state index is 11.8. The number of halogens is 5. The van der Waals surface area contributed by atoms with Crippen LogP contribution in [0.25, 0.3) is 0 Å². The Morgan fingerprint density at radius 1 is 1.07 bits per heavy atom. The van der Waals surface area contributed by atoms with Gasteiger partial charge in [0.2, 0.25) is 0 Å². The fraction of sp³-hybridized carbons (Fsp3) is 0.143. The molecule has 1 aromatic carbocycles. The number of benzene rings is 1. The van der Waals surface area contributed by atoms with Crippen LogP contribution in [0.15, 0.2) is 24.3 Å². The first-order valence-electron chi connectivity index (χ1n) is 3.46. The highest BCUT2D eigenvalue weighted by molar-refractivity contribution is 8.42. The number of rotatable bonds is 2. The van der Waals surface area contributed by atoms with Crippen molar-refractivity contribution >= 4 is 10.5 Å². The lowest BCUT2D eigenvalue weighted by Gasteiger charge is -2.39. The maximum Gasteiger partial charge on any atom is 0.435 e. The van der Waals surface area contributed by atoms with Gasteiger partial charge in [-0.05, 0) is 24.6 Å². The molecule has 0 fully saturated rings. The zero-order valence-corrected chi connectivity index (χ0v) is 7.83. The predicted molar refractivity (Wildman–Crippen MR) is 44.9 cm³/mol. The molecule has 0 aromatic heterocycles.